The van der Waals surface area contributed by atoms with E-state index in [0.29, 0.717) is 0 Å². The third-order valence-corrected chi connectivity index (χ3v) is 2.94. The summed E-state index contributed by atoms with van der Waals surface area (Å²) in [6.45, 7) is 0. The molecule has 0 bridgehead atoms. The van der Waals surface area contributed by atoms with E-state index in [-0.39, 0.29) is 33.3 Å². The monoisotopic (exact) mass is 306 g/mol. The van der Waals surface area contributed by atoms with Crippen LogP contribution in [0.2, 0.25) is 0 Å². The summed E-state index contributed by atoms with van der Waals surface area (Å²) in [5.41, 5.74) is 5.26. The van der Waals surface area contributed by atoms with E-state index in [1.54, 1.807) is 0 Å². The second-order valence-corrected chi connectivity index (χ2v) is 4.62. The van der Waals surface area contributed by atoms with Crippen LogP contribution in [-0.2, 0) is 0 Å². The van der Waals surface area contributed by atoms with E-state index in [0.717, 1.165) is 12.1 Å². The Morgan fingerprint density at radius 2 is 1.95 bits per heavy atom. The van der Waals surface area contributed by atoms with E-state index in [2.05, 4.69) is 5.32 Å². The molecule has 0 unspecified atom stereocenters. The van der Waals surface area contributed by atoms with E-state index in [1.807, 2.05) is 0 Å². The highest BCUT2D eigenvalue weighted by Gasteiger charge is 2.17. The van der Waals surface area contributed by atoms with Crippen LogP contribution in [0.5, 0.6) is 11.5 Å². The minimum absolute atomic E-state index is 0.0789. The standard InChI is InChI=1S/C14H11FN2O3S/c15-9-2-1-3-10(12(9)13(16)21)17-14(20)8-6-7(18)4-5-11(8)19/h1-6,18-19H,(H2,16,21)(H,17,20). The van der Waals surface area contributed by atoms with Crippen molar-refractivity contribution in [1.29, 1.82) is 0 Å². The first kappa shape index (κ1) is 14.7. The Bertz CT molecular complexity index is 734. The van der Waals surface area contributed by atoms with Crippen LogP contribution in [0, 0.1) is 5.82 Å². The molecule has 0 aliphatic rings. The van der Waals surface area contributed by atoms with Gasteiger partial charge in [0.2, 0.25) is 0 Å². The number of carbonyl (C=O) groups excluding carboxylic acids is 1. The fourth-order valence-electron chi connectivity index (χ4n) is 1.77. The number of carbonyl (C=O) groups is 1. The number of amides is 1. The minimum Gasteiger partial charge on any atom is -0.508 e. The molecule has 0 aromatic heterocycles. The lowest BCUT2D eigenvalue weighted by molar-refractivity contribution is 0.102. The molecule has 0 heterocycles. The minimum atomic E-state index is -0.730. The van der Waals surface area contributed by atoms with Crippen molar-refractivity contribution in [3.05, 3.63) is 53.3 Å². The maximum absolute atomic E-state index is 13.7. The third-order valence-electron chi connectivity index (χ3n) is 2.73. The maximum atomic E-state index is 13.7. The van der Waals surface area contributed by atoms with Crippen molar-refractivity contribution in [2.24, 2.45) is 5.73 Å². The van der Waals surface area contributed by atoms with Crippen molar-refractivity contribution in [2.75, 3.05) is 5.32 Å². The van der Waals surface area contributed by atoms with Crippen molar-refractivity contribution in [3.8, 4) is 11.5 Å². The van der Waals surface area contributed by atoms with Crippen molar-refractivity contribution in [3.63, 3.8) is 0 Å². The average molecular weight is 306 g/mol. The zero-order chi connectivity index (χ0) is 15.6. The zero-order valence-corrected chi connectivity index (χ0v) is 11.4. The summed E-state index contributed by atoms with van der Waals surface area (Å²) in [6, 6.07) is 7.46. The summed E-state index contributed by atoms with van der Waals surface area (Å²) in [4.78, 5) is 11.9. The second kappa shape index (κ2) is 5.76. The fourth-order valence-corrected chi connectivity index (χ4v) is 1.98. The lowest BCUT2D eigenvalue weighted by Gasteiger charge is -2.11. The molecule has 0 saturated heterocycles. The fraction of sp³-hybridized carbons (Fsp3) is 0. The molecule has 2 aromatic carbocycles. The topological polar surface area (TPSA) is 95.6 Å². The van der Waals surface area contributed by atoms with Crippen molar-refractivity contribution < 1.29 is 19.4 Å². The first-order valence-corrected chi connectivity index (χ1v) is 6.22. The molecule has 2 rings (SSSR count). The van der Waals surface area contributed by atoms with Gasteiger partial charge < -0.3 is 21.3 Å². The van der Waals surface area contributed by atoms with E-state index in [1.165, 1.54) is 24.3 Å². The highest BCUT2D eigenvalue weighted by Crippen LogP contribution is 2.25. The van der Waals surface area contributed by atoms with Crippen LogP contribution in [0.1, 0.15) is 15.9 Å². The highest BCUT2D eigenvalue weighted by molar-refractivity contribution is 7.80. The Kier molecular flexibility index (Phi) is 4.04. The SMILES string of the molecule is NC(=S)c1c(F)cccc1NC(=O)c1cc(O)ccc1O. The number of phenolic OH excluding ortho intramolecular Hbond substituents is 2. The number of rotatable bonds is 3. The lowest BCUT2D eigenvalue weighted by atomic mass is 10.1. The molecule has 0 saturated carbocycles. The molecule has 0 spiro atoms. The molecule has 5 nitrogen and oxygen atoms in total. The normalized spacial score (nSPS) is 10.1. The van der Waals surface area contributed by atoms with Gasteiger partial charge in [-0.15, -0.1) is 0 Å². The van der Waals surface area contributed by atoms with Gasteiger partial charge in [-0.3, -0.25) is 4.79 Å². The van der Waals surface area contributed by atoms with Gasteiger partial charge in [-0.1, -0.05) is 18.3 Å². The summed E-state index contributed by atoms with van der Waals surface area (Å²) < 4.78 is 13.7. The number of hydrogen-bond donors (Lipinski definition) is 4. The number of benzene rings is 2. The van der Waals surface area contributed by atoms with E-state index >= 15 is 0 Å². The number of aromatic hydroxyl groups is 2. The van der Waals surface area contributed by atoms with Gasteiger partial charge in [-0.05, 0) is 30.3 Å². The summed E-state index contributed by atoms with van der Waals surface area (Å²) in [5, 5.41) is 21.4. The highest BCUT2D eigenvalue weighted by atomic mass is 32.1. The van der Waals surface area contributed by atoms with E-state index in [9.17, 15) is 19.4 Å². The van der Waals surface area contributed by atoms with Gasteiger partial charge in [-0.25, -0.2) is 4.39 Å². The molecule has 0 aliphatic carbocycles. The van der Waals surface area contributed by atoms with Gasteiger partial charge in [0.1, 0.15) is 22.3 Å². The van der Waals surface area contributed by atoms with E-state index in [4.69, 9.17) is 18.0 Å². The number of phenols is 2. The van der Waals surface area contributed by atoms with Crippen LogP contribution in [-0.4, -0.2) is 21.1 Å². The molecule has 0 aliphatic heterocycles. The van der Waals surface area contributed by atoms with Gasteiger partial charge in [0.15, 0.2) is 0 Å². The Morgan fingerprint density at radius 1 is 1.24 bits per heavy atom. The smallest absolute Gasteiger partial charge is 0.259 e. The molecule has 21 heavy (non-hydrogen) atoms. The van der Waals surface area contributed by atoms with Gasteiger partial charge >= 0.3 is 0 Å². The Hall–Kier alpha value is -2.67. The molecular formula is C14H11FN2O3S. The second-order valence-electron chi connectivity index (χ2n) is 4.18. The largest absolute Gasteiger partial charge is 0.508 e. The van der Waals surface area contributed by atoms with Gasteiger partial charge in [0.25, 0.3) is 5.91 Å². The van der Waals surface area contributed by atoms with Gasteiger partial charge in [0.05, 0.1) is 16.8 Å². The first-order chi connectivity index (χ1) is 9.90. The quantitative estimate of drug-likeness (QED) is 0.514. The lowest BCUT2D eigenvalue weighted by Crippen LogP contribution is -2.19. The number of anilines is 1. The molecule has 108 valence electrons. The number of nitrogens with two attached hydrogens (primary N) is 1. The molecule has 0 atom stereocenters. The Morgan fingerprint density at radius 3 is 2.62 bits per heavy atom. The summed E-state index contributed by atoms with van der Waals surface area (Å²) in [6.07, 6.45) is 0. The first-order valence-electron chi connectivity index (χ1n) is 5.82. The number of halogens is 1. The molecule has 7 heteroatoms. The summed E-state index contributed by atoms with van der Waals surface area (Å²) in [5.74, 6) is -1.91. The van der Waals surface area contributed by atoms with Gasteiger partial charge in [0, 0.05) is 0 Å². The summed E-state index contributed by atoms with van der Waals surface area (Å²) in [7, 11) is 0. The van der Waals surface area contributed by atoms with Crippen LogP contribution >= 0.6 is 12.2 Å². The van der Waals surface area contributed by atoms with Crippen LogP contribution in [0.15, 0.2) is 36.4 Å². The van der Waals surface area contributed by atoms with Crippen LogP contribution in [0.25, 0.3) is 0 Å². The zero-order valence-electron chi connectivity index (χ0n) is 10.6. The number of nitrogens with one attached hydrogen (secondary N) is 1. The Labute approximate surface area is 124 Å². The van der Waals surface area contributed by atoms with Crippen LogP contribution in [0.3, 0.4) is 0 Å². The maximum Gasteiger partial charge on any atom is 0.259 e. The van der Waals surface area contributed by atoms with Crippen LogP contribution in [0.4, 0.5) is 10.1 Å². The molecule has 5 N–H and O–H groups in total. The number of thiocarbonyl (C=S) groups is 1. The average Bonchev–Trinajstić information content (AvgIpc) is 2.41. The molecule has 0 radical (unpaired) electrons. The molecular weight excluding hydrogens is 295 g/mol. The predicted molar refractivity (Wildman–Crippen MR) is 80.0 cm³/mol. The molecule has 1 amide bonds. The predicted octanol–water partition coefficient (Wildman–Crippen LogP) is 2.12. The van der Waals surface area contributed by atoms with Crippen molar-refractivity contribution >= 4 is 28.8 Å². The van der Waals surface area contributed by atoms with E-state index < -0.39 is 11.7 Å². The third kappa shape index (κ3) is 3.09. The van der Waals surface area contributed by atoms with Crippen molar-refractivity contribution in [2.45, 2.75) is 0 Å². The van der Waals surface area contributed by atoms with Crippen LogP contribution < -0.4 is 11.1 Å². The molecule has 2 aromatic rings. The Balaban J connectivity index is 2.39. The summed E-state index contributed by atoms with van der Waals surface area (Å²) >= 11 is 4.75. The molecule has 0 fully saturated rings. The number of hydrogen-bond acceptors (Lipinski definition) is 4. The van der Waals surface area contributed by atoms with Gasteiger partial charge in [-0.2, -0.15) is 0 Å². The van der Waals surface area contributed by atoms with Crippen molar-refractivity contribution in [1.82, 2.24) is 0 Å².